The van der Waals surface area contributed by atoms with Crippen molar-refractivity contribution in [1.29, 1.82) is 0 Å². The molecule has 106 valence electrons. The fraction of sp³-hybridized carbons (Fsp3) is 1.00. The number of nitrogens with zero attached hydrogens (tertiary/aromatic N) is 1. The monoisotopic (exact) mass is 254 g/mol. The molecule has 2 rings (SSSR count). The van der Waals surface area contributed by atoms with Crippen molar-refractivity contribution in [2.45, 2.75) is 76.4 Å². The van der Waals surface area contributed by atoms with E-state index in [0.29, 0.717) is 5.92 Å². The first-order valence-corrected chi connectivity index (χ1v) is 7.72. The molecule has 3 N–H and O–H groups in total. The van der Waals surface area contributed by atoms with E-state index in [9.17, 15) is 5.11 Å². The highest BCUT2D eigenvalue weighted by Crippen LogP contribution is 2.36. The van der Waals surface area contributed by atoms with Crippen LogP contribution in [0.3, 0.4) is 0 Å². The molecule has 0 spiro atoms. The van der Waals surface area contributed by atoms with Crippen molar-refractivity contribution in [3.05, 3.63) is 0 Å². The van der Waals surface area contributed by atoms with Crippen molar-refractivity contribution in [2.24, 2.45) is 11.7 Å². The first-order chi connectivity index (χ1) is 8.57. The summed E-state index contributed by atoms with van der Waals surface area (Å²) >= 11 is 0. The van der Waals surface area contributed by atoms with Gasteiger partial charge in [0.1, 0.15) is 0 Å². The molecule has 0 aromatic carbocycles. The molecular formula is C15H30N2O. The molecule has 1 saturated heterocycles. The lowest BCUT2D eigenvalue weighted by atomic mass is 9.85. The van der Waals surface area contributed by atoms with Crippen LogP contribution in [0.5, 0.6) is 0 Å². The van der Waals surface area contributed by atoms with E-state index in [2.05, 4.69) is 18.7 Å². The minimum absolute atomic E-state index is 0.156. The Morgan fingerprint density at radius 3 is 2.44 bits per heavy atom. The molecule has 0 amide bonds. The summed E-state index contributed by atoms with van der Waals surface area (Å²) in [5, 5.41) is 9.50. The molecule has 2 fully saturated rings. The van der Waals surface area contributed by atoms with Crippen LogP contribution in [-0.4, -0.2) is 40.8 Å². The summed E-state index contributed by atoms with van der Waals surface area (Å²) < 4.78 is 0. The molecular weight excluding hydrogens is 224 g/mol. The molecule has 1 aliphatic carbocycles. The van der Waals surface area contributed by atoms with Crippen molar-refractivity contribution in [3.8, 4) is 0 Å². The van der Waals surface area contributed by atoms with Gasteiger partial charge in [-0.3, -0.25) is 4.90 Å². The van der Waals surface area contributed by atoms with Crippen LogP contribution in [0.1, 0.15) is 58.8 Å². The van der Waals surface area contributed by atoms with Crippen LogP contribution in [0.25, 0.3) is 0 Å². The summed E-state index contributed by atoms with van der Waals surface area (Å²) in [6.07, 6.45) is 8.59. The molecule has 3 heteroatoms. The predicted molar refractivity (Wildman–Crippen MR) is 75.4 cm³/mol. The van der Waals surface area contributed by atoms with Gasteiger partial charge < -0.3 is 10.8 Å². The lowest BCUT2D eigenvalue weighted by Gasteiger charge is -2.40. The summed E-state index contributed by atoms with van der Waals surface area (Å²) in [6, 6.07) is 1.44. The van der Waals surface area contributed by atoms with Gasteiger partial charge in [0, 0.05) is 17.6 Å². The second-order valence-electron chi connectivity index (χ2n) is 6.64. The fourth-order valence-corrected chi connectivity index (χ4v) is 4.03. The summed E-state index contributed by atoms with van der Waals surface area (Å²) in [4.78, 5) is 2.65. The molecule has 2 aliphatic rings. The normalized spacial score (nSPS) is 42.3. The van der Waals surface area contributed by atoms with Crippen molar-refractivity contribution >= 4 is 0 Å². The van der Waals surface area contributed by atoms with Crippen LogP contribution in [0, 0.1) is 5.92 Å². The quantitative estimate of drug-likeness (QED) is 0.808. The highest BCUT2D eigenvalue weighted by molar-refractivity contribution is 4.96. The lowest BCUT2D eigenvalue weighted by molar-refractivity contribution is 0.0833. The van der Waals surface area contributed by atoms with E-state index in [4.69, 9.17) is 5.73 Å². The Morgan fingerprint density at radius 1 is 1.17 bits per heavy atom. The Bertz CT molecular complexity index is 259. The maximum atomic E-state index is 9.50. The molecule has 4 unspecified atom stereocenters. The lowest BCUT2D eigenvalue weighted by Crippen LogP contribution is -2.49. The zero-order valence-corrected chi connectivity index (χ0v) is 12.1. The highest BCUT2D eigenvalue weighted by Gasteiger charge is 2.39. The third kappa shape index (κ3) is 2.89. The van der Waals surface area contributed by atoms with Gasteiger partial charge >= 0.3 is 0 Å². The van der Waals surface area contributed by atoms with E-state index < -0.39 is 0 Å². The molecule has 1 heterocycles. The van der Waals surface area contributed by atoms with Gasteiger partial charge in [-0.1, -0.05) is 12.8 Å². The number of aliphatic hydroxyl groups is 1. The number of rotatable bonds is 4. The van der Waals surface area contributed by atoms with E-state index in [-0.39, 0.29) is 12.1 Å². The zero-order valence-electron chi connectivity index (χ0n) is 12.1. The Labute approximate surface area is 112 Å². The van der Waals surface area contributed by atoms with Crippen LogP contribution in [0.15, 0.2) is 0 Å². The third-order valence-electron chi connectivity index (χ3n) is 5.41. The van der Waals surface area contributed by atoms with Gasteiger partial charge in [-0.25, -0.2) is 0 Å². The van der Waals surface area contributed by atoms with Crippen LogP contribution >= 0.6 is 0 Å². The van der Waals surface area contributed by atoms with Crippen molar-refractivity contribution in [2.75, 3.05) is 13.2 Å². The molecule has 0 aromatic heterocycles. The number of hydrogen-bond donors (Lipinski definition) is 2. The molecule has 4 atom stereocenters. The van der Waals surface area contributed by atoms with Gasteiger partial charge in [-0.05, 0) is 58.4 Å². The average Bonchev–Trinajstić information content (AvgIpc) is 2.71. The minimum atomic E-state index is -0.289. The maximum Gasteiger partial charge on any atom is 0.0613 e. The fourth-order valence-electron chi connectivity index (χ4n) is 4.03. The van der Waals surface area contributed by atoms with E-state index in [1.165, 1.54) is 32.1 Å². The van der Waals surface area contributed by atoms with Gasteiger partial charge in [0.2, 0.25) is 0 Å². The smallest absolute Gasteiger partial charge is 0.0613 e. The van der Waals surface area contributed by atoms with Crippen LogP contribution < -0.4 is 5.73 Å². The second-order valence-corrected chi connectivity index (χ2v) is 6.64. The van der Waals surface area contributed by atoms with Gasteiger partial charge in [0.25, 0.3) is 0 Å². The molecule has 0 bridgehead atoms. The number of likely N-dealkylation sites (tertiary alicyclic amines) is 1. The highest BCUT2D eigenvalue weighted by atomic mass is 16.3. The number of aliphatic hydroxyl groups excluding tert-OH is 1. The Morgan fingerprint density at radius 2 is 1.83 bits per heavy atom. The van der Waals surface area contributed by atoms with E-state index in [1.54, 1.807) is 0 Å². The SMILES string of the molecule is CC1CCCC(C)N1CCC1CCCC1(N)CO. The Kier molecular flexibility index (Phi) is 4.68. The minimum Gasteiger partial charge on any atom is -0.394 e. The number of hydrogen-bond acceptors (Lipinski definition) is 3. The van der Waals surface area contributed by atoms with Gasteiger partial charge in [-0.2, -0.15) is 0 Å². The van der Waals surface area contributed by atoms with Crippen LogP contribution in [0.2, 0.25) is 0 Å². The van der Waals surface area contributed by atoms with Gasteiger partial charge in [0.05, 0.1) is 6.61 Å². The summed E-state index contributed by atoms with van der Waals surface area (Å²) in [6.45, 7) is 6.02. The average molecular weight is 254 g/mol. The summed E-state index contributed by atoms with van der Waals surface area (Å²) in [5.74, 6) is 0.517. The standard InChI is InChI=1S/C15H30N2O/c1-12-5-3-6-13(2)17(12)10-8-14-7-4-9-15(14,16)11-18/h12-14,18H,3-11,16H2,1-2H3. The maximum absolute atomic E-state index is 9.50. The van der Waals surface area contributed by atoms with Gasteiger partial charge in [-0.15, -0.1) is 0 Å². The van der Waals surface area contributed by atoms with Crippen molar-refractivity contribution in [3.63, 3.8) is 0 Å². The molecule has 0 radical (unpaired) electrons. The zero-order chi connectivity index (χ0) is 13.2. The Hall–Kier alpha value is -0.120. The van der Waals surface area contributed by atoms with Gasteiger partial charge in [0.15, 0.2) is 0 Å². The summed E-state index contributed by atoms with van der Waals surface area (Å²) in [5.41, 5.74) is 6.03. The van der Waals surface area contributed by atoms with E-state index in [0.717, 1.165) is 31.5 Å². The van der Waals surface area contributed by atoms with Crippen LogP contribution in [0.4, 0.5) is 0 Å². The Balaban J connectivity index is 1.87. The number of nitrogens with two attached hydrogens (primary N) is 1. The molecule has 1 saturated carbocycles. The van der Waals surface area contributed by atoms with E-state index >= 15 is 0 Å². The first-order valence-electron chi connectivity index (χ1n) is 7.72. The topological polar surface area (TPSA) is 49.5 Å². The van der Waals surface area contributed by atoms with Crippen LogP contribution in [-0.2, 0) is 0 Å². The van der Waals surface area contributed by atoms with Crippen molar-refractivity contribution in [1.82, 2.24) is 4.90 Å². The summed E-state index contributed by atoms with van der Waals surface area (Å²) in [7, 11) is 0. The predicted octanol–water partition coefficient (Wildman–Crippen LogP) is 2.13. The third-order valence-corrected chi connectivity index (χ3v) is 5.41. The largest absolute Gasteiger partial charge is 0.394 e. The first kappa shape index (κ1) is 14.3. The second kappa shape index (κ2) is 5.89. The van der Waals surface area contributed by atoms with E-state index in [1.807, 2.05) is 0 Å². The molecule has 0 aromatic rings. The molecule has 3 nitrogen and oxygen atoms in total. The number of piperidine rings is 1. The van der Waals surface area contributed by atoms with Crippen molar-refractivity contribution < 1.29 is 5.11 Å². The molecule has 18 heavy (non-hydrogen) atoms. The molecule has 1 aliphatic heterocycles.